The number of hydrogen-bond acceptors (Lipinski definition) is 4. The van der Waals surface area contributed by atoms with Crippen LogP contribution in [0, 0.1) is 27.7 Å². The zero-order chi connectivity index (χ0) is 15.6. The number of benzene rings is 1. The molecule has 1 unspecified atom stereocenters. The molecule has 1 aromatic carbocycles. The summed E-state index contributed by atoms with van der Waals surface area (Å²) < 4.78 is 0. The van der Waals surface area contributed by atoms with Gasteiger partial charge in [0, 0.05) is 22.3 Å². The SMILES string of the molecule is Cc1ccc(Sc2nc(C)c(C)c(C)n2)c(CC(C)N)c1. The molecule has 2 N–H and O–H groups in total. The van der Waals surface area contributed by atoms with Gasteiger partial charge in [-0.05, 0) is 70.0 Å². The Bertz CT molecular complexity index is 627. The maximum Gasteiger partial charge on any atom is 0.192 e. The molecule has 4 heteroatoms. The van der Waals surface area contributed by atoms with Crippen LogP contribution in [0.2, 0.25) is 0 Å². The highest BCUT2D eigenvalue weighted by atomic mass is 32.2. The molecule has 0 aliphatic heterocycles. The molecule has 2 aromatic rings. The first kappa shape index (κ1) is 16.0. The normalized spacial score (nSPS) is 12.5. The number of nitrogens with zero attached hydrogens (tertiary/aromatic N) is 2. The standard InChI is InChI=1S/C17H23N3S/c1-10-6-7-16(15(8-10)9-11(2)18)21-17-19-13(4)12(3)14(5)20-17/h6-8,11H,9,18H2,1-5H3. The van der Waals surface area contributed by atoms with Crippen LogP contribution in [0.4, 0.5) is 0 Å². The van der Waals surface area contributed by atoms with Crippen molar-refractivity contribution in [2.45, 2.75) is 57.1 Å². The second kappa shape index (κ2) is 6.58. The number of rotatable bonds is 4. The Hall–Kier alpha value is -1.39. The number of aromatic nitrogens is 2. The third-order valence-electron chi connectivity index (χ3n) is 3.57. The molecule has 0 saturated heterocycles. The maximum atomic E-state index is 5.96. The van der Waals surface area contributed by atoms with Crippen molar-refractivity contribution in [2.24, 2.45) is 5.73 Å². The summed E-state index contributed by atoms with van der Waals surface area (Å²) in [6.07, 6.45) is 0.869. The Balaban J connectivity index is 2.35. The number of hydrogen-bond donors (Lipinski definition) is 1. The van der Waals surface area contributed by atoms with Gasteiger partial charge in [-0.3, -0.25) is 0 Å². The van der Waals surface area contributed by atoms with E-state index in [-0.39, 0.29) is 6.04 Å². The molecule has 2 rings (SSSR count). The lowest BCUT2D eigenvalue weighted by Crippen LogP contribution is -2.18. The van der Waals surface area contributed by atoms with Crippen molar-refractivity contribution >= 4 is 11.8 Å². The molecule has 0 aliphatic carbocycles. The predicted molar refractivity (Wildman–Crippen MR) is 88.9 cm³/mol. The first-order valence-corrected chi connectivity index (χ1v) is 8.03. The van der Waals surface area contributed by atoms with Crippen LogP contribution in [0.3, 0.4) is 0 Å². The summed E-state index contributed by atoms with van der Waals surface area (Å²) in [7, 11) is 0. The van der Waals surface area contributed by atoms with Gasteiger partial charge in [-0.25, -0.2) is 9.97 Å². The van der Waals surface area contributed by atoms with Crippen molar-refractivity contribution in [3.63, 3.8) is 0 Å². The highest BCUT2D eigenvalue weighted by molar-refractivity contribution is 7.99. The highest BCUT2D eigenvalue weighted by Gasteiger charge is 2.11. The van der Waals surface area contributed by atoms with Crippen molar-refractivity contribution in [3.05, 3.63) is 46.3 Å². The van der Waals surface area contributed by atoms with Crippen molar-refractivity contribution in [1.82, 2.24) is 9.97 Å². The minimum atomic E-state index is 0.147. The van der Waals surface area contributed by atoms with Crippen molar-refractivity contribution < 1.29 is 0 Å². The minimum Gasteiger partial charge on any atom is -0.328 e. The van der Waals surface area contributed by atoms with Gasteiger partial charge < -0.3 is 5.73 Å². The van der Waals surface area contributed by atoms with E-state index < -0.39 is 0 Å². The van der Waals surface area contributed by atoms with Crippen molar-refractivity contribution in [2.75, 3.05) is 0 Å². The van der Waals surface area contributed by atoms with Gasteiger partial charge in [-0.1, -0.05) is 17.7 Å². The quantitative estimate of drug-likeness (QED) is 0.874. The Morgan fingerprint density at radius 3 is 2.29 bits per heavy atom. The van der Waals surface area contributed by atoms with Crippen LogP contribution in [0.1, 0.15) is 35.0 Å². The minimum absolute atomic E-state index is 0.147. The average molecular weight is 301 g/mol. The van der Waals surface area contributed by atoms with Crippen LogP contribution in [-0.4, -0.2) is 16.0 Å². The van der Waals surface area contributed by atoms with E-state index in [1.54, 1.807) is 11.8 Å². The summed E-state index contributed by atoms with van der Waals surface area (Å²) >= 11 is 1.62. The molecule has 0 bridgehead atoms. The zero-order valence-corrected chi connectivity index (χ0v) is 14.2. The first-order valence-electron chi connectivity index (χ1n) is 7.21. The van der Waals surface area contributed by atoms with E-state index in [0.717, 1.165) is 23.0 Å². The predicted octanol–water partition coefficient (Wildman–Crippen LogP) is 3.75. The summed E-state index contributed by atoms with van der Waals surface area (Å²) in [5, 5.41) is 0.811. The molecule has 1 heterocycles. The van der Waals surface area contributed by atoms with Gasteiger partial charge in [-0.2, -0.15) is 0 Å². The van der Waals surface area contributed by atoms with Crippen LogP contribution < -0.4 is 5.73 Å². The summed E-state index contributed by atoms with van der Waals surface area (Å²) in [6, 6.07) is 6.63. The highest BCUT2D eigenvalue weighted by Crippen LogP contribution is 2.30. The monoisotopic (exact) mass is 301 g/mol. The molecule has 21 heavy (non-hydrogen) atoms. The molecule has 0 amide bonds. The molecule has 1 aromatic heterocycles. The number of aryl methyl sites for hydroxylation is 3. The van der Waals surface area contributed by atoms with Crippen LogP contribution >= 0.6 is 11.8 Å². The van der Waals surface area contributed by atoms with Gasteiger partial charge in [0.05, 0.1) is 0 Å². The molecule has 0 spiro atoms. The van der Waals surface area contributed by atoms with Crippen molar-refractivity contribution in [1.29, 1.82) is 0 Å². The van der Waals surface area contributed by atoms with E-state index >= 15 is 0 Å². The van der Waals surface area contributed by atoms with Crippen LogP contribution in [0.5, 0.6) is 0 Å². The molecular formula is C17H23N3S. The maximum absolute atomic E-state index is 5.96. The molecular weight excluding hydrogens is 278 g/mol. The van der Waals surface area contributed by atoms with Gasteiger partial charge in [-0.15, -0.1) is 0 Å². The van der Waals surface area contributed by atoms with E-state index in [4.69, 9.17) is 5.73 Å². The molecule has 0 radical (unpaired) electrons. The Morgan fingerprint density at radius 2 is 1.71 bits per heavy atom. The molecule has 0 fully saturated rings. The fourth-order valence-electron chi connectivity index (χ4n) is 2.20. The van der Waals surface area contributed by atoms with E-state index in [9.17, 15) is 0 Å². The summed E-state index contributed by atoms with van der Waals surface area (Å²) in [5.41, 5.74) is 11.8. The third-order valence-corrected chi connectivity index (χ3v) is 4.55. The summed E-state index contributed by atoms with van der Waals surface area (Å²) in [4.78, 5) is 10.4. The van der Waals surface area contributed by atoms with E-state index in [1.807, 2.05) is 20.8 Å². The molecule has 0 saturated carbocycles. The third kappa shape index (κ3) is 4.05. The largest absolute Gasteiger partial charge is 0.328 e. The topological polar surface area (TPSA) is 51.8 Å². The summed E-state index contributed by atoms with van der Waals surface area (Å²) in [6.45, 7) is 10.3. The van der Waals surface area contributed by atoms with E-state index in [0.29, 0.717) is 0 Å². The van der Waals surface area contributed by atoms with Gasteiger partial charge in [0.2, 0.25) is 0 Å². The van der Waals surface area contributed by atoms with E-state index in [2.05, 4.69) is 42.0 Å². The summed E-state index contributed by atoms with van der Waals surface area (Å²) in [5.74, 6) is 0. The Kier molecular flexibility index (Phi) is 5.01. The van der Waals surface area contributed by atoms with Gasteiger partial charge in [0.25, 0.3) is 0 Å². The van der Waals surface area contributed by atoms with Crippen LogP contribution in [0.25, 0.3) is 0 Å². The first-order chi connectivity index (χ1) is 9.86. The Labute approximate surface area is 131 Å². The zero-order valence-electron chi connectivity index (χ0n) is 13.4. The second-order valence-corrected chi connectivity index (χ2v) is 6.71. The molecule has 0 aliphatic rings. The van der Waals surface area contributed by atoms with Crippen molar-refractivity contribution in [3.8, 4) is 0 Å². The van der Waals surface area contributed by atoms with E-state index in [1.165, 1.54) is 21.6 Å². The van der Waals surface area contributed by atoms with Gasteiger partial charge in [0.15, 0.2) is 5.16 Å². The van der Waals surface area contributed by atoms with Gasteiger partial charge in [0.1, 0.15) is 0 Å². The Morgan fingerprint density at radius 1 is 1.10 bits per heavy atom. The number of nitrogens with two attached hydrogens (primary N) is 1. The van der Waals surface area contributed by atoms with Crippen LogP contribution in [0.15, 0.2) is 28.3 Å². The lowest BCUT2D eigenvalue weighted by atomic mass is 10.1. The molecule has 112 valence electrons. The van der Waals surface area contributed by atoms with Gasteiger partial charge >= 0.3 is 0 Å². The fourth-order valence-corrected chi connectivity index (χ4v) is 3.17. The molecule has 1 atom stereocenters. The average Bonchev–Trinajstić information content (AvgIpc) is 2.38. The lowest BCUT2D eigenvalue weighted by molar-refractivity contribution is 0.728. The smallest absolute Gasteiger partial charge is 0.192 e. The lowest BCUT2D eigenvalue weighted by Gasteiger charge is -2.13. The molecule has 3 nitrogen and oxygen atoms in total. The van der Waals surface area contributed by atoms with Crippen LogP contribution in [-0.2, 0) is 6.42 Å². The fraction of sp³-hybridized carbons (Fsp3) is 0.412. The second-order valence-electron chi connectivity index (χ2n) is 5.70.